The summed E-state index contributed by atoms with van der Waals surface area (Å²) < 4.78 is 25.4. The Balaban J connectivity index is 1.67. The molecule has 9 nitrogen and oxygen atoms in total. The first kappa shape index (κ1) is 26.7. The molecule has 4 rings (SSSR count). The molecule has 1 aliphatic rings. The Bertz CT molecular complexity index is 1460. The molecule has 0 unspecified atom stereocenters. The van der Waals surface area contributed by atoms with Crippen LogP contribution in [-0.2, 0) is 10.0 Å². The maximum Gasteiger partial charge on any atom is 0.208 e. The van der Waals surface area contributed by atoms with Gasteiger partial charge in [0.05, 0.1) is 17.7 Å². The van der Waals surface area contributed by atoms with E-state index in [1.807, 2.05) is 50.2 Å². The molecule has 3 aromatic rings. The fraction of sp³-hybridized carbons (Fsp3) is 0.407. The molecule has 0 spiro atoms. The third kappa shape index (κ3) is 6.14. The third-order valence-corrected chi connectivity index (χ3v) is 6.88. The van der Waals surface area contributed by atoms with Crippen LogP contribution in [0.5, 0.6) is 0 Å². The number of aliphatic imine (C=N–C) groups is 1. The lowest BCUT2D eigenvalue weighted by molar-refractivity contribution is 0.587. The molecule has 1 N–H and O–H groups in total. The van der Waals surface area contributed by atoms with E-state index in [0.717, 1.165) is 40.5 Å². The largest absolute Gasteiger partial charge is 0.370 e. The first-order valence-corrected chi connectivity index (χ1v) is 14.3. The predicted octanol–water partition coefficient (Wildman–Crippen LogP) is 4.32. The van der Waals surface area contributed by atoms with Crippen LogP contribution in [0.2, 0.25) is 0 Å². The Kier molecular flexibility index (Phi) is 7.34. The van der Waals surface area contributed by atoms with E-state index in [1.54, 1.807) is 4.79 Å². The number of sulfonamides is 1. The zero-order valence-electron chi connectivity index (χ0n) is 22.6. The van der Waals surface area contributed by atoms with Crippen molar-refractivity contribution in [2.75, 3.05) is 30.8 Å². The number of fused-ring (bicyclic) bond motifs is 1. The molecule has 0 aliphatic carbocycles. The maximum absolute atomic E-state index is 11.4. The average molecular weight is 522 g/mol. The minimum absolute atomic E-state index is 0.245. The van der Waals surface area contributed by atoms with Crippen molar-refractivity contribution in [1.82, 2.24) is 19.6 Å². The zero-order valence-corrected chi connectivity index (χ0v) is 23.4. The van der Waals surface area contributed by atoms with Crippen LogP contribution in [0.3, 0.4) is 0 Å². The monoisotopic (exact) mass is 521 g/mol. The second-order valence-corrected chi connectivity index (χ2v) is 12.2. The van der Waals surface area contributed by atoms with Crippen molar-refractivity contribution in [2.45, 2.75) is 41.5 Å². The number of hydrogen-bond donors (Lipinski definition) is 1. The van der Waals surface area contributed by atoms with Gasteiger partial charge in [0.15, 0.2) is 5.82 Å². The lowest BCUT2D eigenvalue weighted by Gasteiger charge is -2.24. The van der Waals surface area contributed by atoms with Crippen LogP contribution in [0, 0.1) is 19.3 Å². The molecule has 0 amide bonds. The quantitative estimate of drug-likeness (QED) is 0.475. The van der Waals surface area contributed by atoms with Crippen LogP contribution in [0.15, 0.2) is 52.6 Å². The Morgan fingerprint density at radius 3 is 2.38 bits per heavy atom. The van der Waals surface area contributed by atoms with Crippen molar-refractivity contribution in [3.63, 3.8) is 0 Å². The van der Waals surface area contributed by atoms with Gasteiger partial charge in [-0.05, 0) is 44.5 Å². The Hall–Kier alpha value is -3.37. The summed E-state index contributed by atoms with van der Waals surface area (Å²) >= 11 is 0. The van der Waals surface area contributed by atoms with E-state index in [9.17, 15) is 8.42 Å². The minimum Gasteiger partial charge on any atom is -0.370 e. The zero-order chi connectivity index (χ0) is 27.0. The molecule has 0 saturated carbocycles. The molecule has 0 saturated heterocycles. The highest BCUT2D eigenvalue weighted by molar-refractivity contribution is 7.88. The molecule has 1 aromatic heterocycles. The smallest absolute Gasteiger partial charge is 0.208 e. The van der Waals surface area contributed by atoms with Crippen molar-refractivity contribution < 1.29 is 8.42 Å². The normalized spacial score (nSPS) is 14.7. The van der Waals surface area contributed by atoms with Crippen LogP contribution < -0.4 is 9.62 Å². The topological polar surface area (TPSA) is 105 Å². The maximum atomic E-state index is 11.4. The summed E-state index contributed by atoms with van der Waals surface area (Å²) in [5, 5.41) is 9.42. The number of aromatic nitrogens is 3. The standard InChI is InChI=1S/C27H35N7O2S/c1-8-33(16-15-28-37(7,35)36)21-13-14-22(19(3)17-21)29-23-24(27(4,5)6)31-34-26(23)30-25(32-34)20-11-9-18(2)10-12-20/h9-14,17,28H,8,15-16H2,1-7H3. The molecule has 0 bridgehead atoms. The molecule has 0 atom stereocenters. The SMILES string of the molecule is CCN(CCNS(C)(=O)=O)c1ccc(N=C2C(C(C)(C)C)=Nn3nc(-c4ccc(C)cc4)nc32)c(C)c1. The number of nitrogens with zero attached hydrogens (tertiary/aromatic N) is 6. The van der Waals surface area contributed by atoms with Crippen LogP contribution in [-0.4, -0.2) is 60.6 Å². The number of rotatable bonds is 8. The number of nitrogens with one attached hydrogen (secondary N) is 1. The number of benzene rings is 2. The number of likely N-dealkylation sites (N-methyl/N-ethyl adjacent to an activating group) is 1. The van der Waals surface area contributed by atoms with Crippen LogP contribution >= 0.6 is 0 Å². The van der Waals surface area contributed by atoms with E-state index in [2.05, 4.69) is 48.5 Å². The highest BCUT2D eigenvalue weighted by atomic mass is 32.2. The van der Waals surface area contributed by atoms with Gasteiger partial charge in [0.1, 0.15) is 5.71 Å². The van der Waals surface area contributed by atoms with Gasteiger partial charge in [-0.15, -0.1) is 9.89 Å². The fourth-order valence-corrected chi connectivity index (χ4v) is 4.58. The molecule has 2 heterocycles. The summed E-state index contributed by atoms with van der Waals surface area (Å²) in [7, 11) is -3.22. The van der Waals surface area contributed by atoms with E-state index >= 15 is 0 Å². The first-order valence-electron chi connectivity index (χ1n) is 12.4. The van der Waals surface area contributed by atoms with Gasteiger partial charge in [-0.1, -0.05) is 50.6 Å². The van der Waals surface area contributed by atoms with E-state index in [0.29, 0.717) is 24.7 Å². The summed E-state index contributed by atoms with van der Waals surface area (Å²) in [5.74, 6) is 1.25. The summed E-state index contributed by atoms with van der Waals surface area (Å²) in [6.07, 6.45) is 1.17. The third-order valence-electron chi connectivity index (χ3n) is 6.15. The van der Waals surface area contributed by atoms with Crippen molar-refractivity contribution in [3.8, 4) is 11.4 Å². The van der Waals surface area contributed by atoms with Crippen LogP contribution in [0.25, 0.3) is 11.4 Å². The van der Waals surface area contributed by atoms with Gasteiger partial charge in [0.25, 0.3) is 0 Å². The van der Waals surface area contributed by atoms with Crippen molar-refractivity contribution >= 4 is 32.8 Å². The van der Waals surface area contributed by atoms with Gasteiger partial charge in [-0.25, -0.2) is 23.1 Å². The Morgan fingerprint density at radius 2 is 1.78 bits per heavy atom. The van der Waals surface area contributed by atoms with Crippen molar-refractivity contribution in [3.05, 3.63) is 59.4 Å². The van der Waals surface area contributed by atoms with Gasteiger partial charge in [0, 0.05) is 36.3 Å². The molecule has 1 aliphatic heterocycles. The summed E-state index contributed by atoms with van der Waals surface area (Å²) in [6.45, 7) is 14.1. The van der Waals surface area contributed by atoms with Gasteiger partial charge >= 0.3 is 0 Å². The highest BCUT2D eigenvalue weighted by Gasteiger charge is 2.35. The van der Waals surface area contributed by atoms with Crippen molar-refractivity contribution in [2.24, 2.45) is 15.5 Å². The van der Waals surface area contributed by atoms with Gasteiger partial charge in [-0.2, -0.15) is 5.10 Å². The second kappa shape index (κ2) is 10.2. The van der Waals surface area contributed by atoms with Gasteiger partial charge < -0.3 is 4.90 Å². The molecular weight excluding hydrogens is 486 g/mol. The lowest BCUT2D eigenvalue weighted by Crippen LogP contribution is -2.34. The van der Waals surface area contributed by atoms with Crippen LogP contribution in [0.1, 0.15) is 44.6 Å². The molecule has 0 fully saturated rings. The fourth-order valence-electron chi connectivity index (χ4n) is 4.12. The van der Waals surface area contributed by atoms with Gasteiger partial charge in [-0.3, -0.25) is 0 Å². The van der Waals surface area contributed by atoms with E-state index in [-0.39, 0.29) is 5.41 Å². The minimum atomic E-state index is -3.22. The number of anilines is 1. The average Bonchev–Trinajstić information content (AvgIpc) is 3.37. The van der Waals surface area contributed by atoms with E-state index in [1.165, 1.54) is 11.8 Å². The molecule has 0 radical (unpaired) electrons. The lowest BCUT2D eigenvalue weighted by atomic mass is 9.87. The predicted molar refractivity (Wildman–Crippen MR) is 151 cm³/mol. The van der Waals surface area contributed by atoms with Crippen LogP contribution in [0.4, 0.5) is 11.4 Å². The van der Waals surface area contributed by atoms with Gasteiger partial charge in [0.2, 0.25) is 15.8 Å². The molecular formula is C27H35N7O2S. The van der Waals surface area contributed by atoms with E-state index in [4.69, 9.17) is 15.1 Å². The van der Waals surface area contributed by atoms with E-state index < -0.39 is 10.0 Å². The molecule has 196 valence electrons. The summed E-state index contributed by atoms with van der Waals surface area (Å²) in [6, 6.07) is 14.2. The molecule has 2 aromatic carbocycles. The second-order valence-electron chi connectivity index (χ2n) is 10.4. The first-order chi connectivity index (χ1) is 17.4. The highest BCUT2D eigenvalue weighted by Crippen LogP contribution is 2.31. The Morgan fingerprint density at radius 1 is 1.08 bits per heavy atom. The number of aryl methyl sites for hydroxylation is 2. The Labute approximate surface area is 219 Å². The molecule has 10 heteroatoms. The summed E-state index contributed by atoms with van der Waals surface area (Å²) in [5.41, 5.74) is 6.27. The number of hydrogen-bond acceptors (Lipinski definition) is 7. The van der Waals surface area contributed by atoms with Crippen molar-refractivity contribution in [1.29, 1.82) is 0 Å². The molecule has 37 heavy (non-hydrogen) atoms. The summed E-state index contributed by atoms with van der Waals surface area (Å²) in [4.78, 5) is 13.6.